The third kappa shape index (κ3) is 2.08. The number of methoxy groups -OCH3 is 1. The van der Waals surface area contributed by atoms with Gasteiger partial charge in [-0.05, 0) is 24.3 Å². The summed E-state index contributed by atoms with van der Waals surface area (Å²) in [5, 5.41) is 0.448. The average Bonchev–Trinajstić information content (AvgIpc) is 2.03. The van der Waals surface area contributed by atoms with E-state index in [0.29, 0.717) is 11.1 Å². The molecule has 0 aliphatic heterocycles. The smallest absolute Gasteiger partial charge is 0.235 e. The van der Waals surface area contributed by atoms with E-state index in [1.807, 2.05) is 0 Å². The average molecular weight is 186 g/mol. The van der Waals surface area contributed by atoms with Gasteiger partial charge in [-0.2, -0.15) is 0 Å². The van der Waals surface area contributed by atoms with E-state index >= 15 is 0 Å². The van der Waals surface area contributed by atoms with Crippen LogP contribution in [0.2, 0.25) is 0 Å². The van der Waals surface area contributed by atoms with Crippen LogP contribution in [0.5, 0.6) is 5.75 Å². The molecule has 0 saturated carbocycles. The third-order valence-corrected chi connectivity index (χ3v) is 2.58. The number of rotatable bonds is 2. The van der Waals surface area contributed by atoms with Gasteiger partial charge < -0.3 is 4.74 Å². The minimum atomic E-state index is -3.10. The second-order valence-corrected chi connectivity index (χ2v) is 4.34. The number of nitrogens with two attached hydrogens (primary N) is 2. The van der Waals surface area contributed by atoms with Gasteiger partial charge in [-0.25, -0.2) is 0 Å². The molecule has 0 heterocycles. The fraction of sp³-hybridized carbons (Fsp3) is 0.143. The Balaban J connectivity index is 3.01. The van der Waals surface area contributed by atoms with Crippen molar-refractivity contribution >= 4 is 12.7 Å². The summed E-state index contributed by atoms with van der Waals surface area (Å²) in [5.74, 6) is 0.687. The van der Waals surface area contributed by atoms with Crippen LogP contribution in [0, 0.1) is 0 Å². The highest BCUT2D eigenvalue weighted by molar-refractivity contribution is 7.67. The normalized spacial score (nSPS) is 11.2. The van der Waals surface area contributed by atoms with Crippen LogP contribution in [0.3, 0.4) is 0 Å². The van der Waals surface area contributed by atoms with Crippen LogP contribution in [-0.2, 0) is 4.57 Å². The molecule has 4 N–H and O–H groups in total. The summed E-state index contributed by atoms with van der Waals surface area (Å²) in [6, 6.07) is 6.53. The molecule has 0 amide bonds. The number of hydrogen-bond donors (Lipinski definition) is 2. The van der Waals surface area contributed by atoms with Crippen molar-refractivity contribution in [1.82, 2.24) is 0 Å². The Morgan fingerprint density at radius 2 is 1.75 bits per heavy atom. The molecule has 0 spiro atoms. The lowest BCUT2D eigenvalue weighted by Gasteiger charge is -2.06. The molecule has 12 heavy (non-hydrogen) atoms. The summed E-state index contributed by atoms with van der Waals surface area (Å²) in [4.78, 5) is 0. The molecule has 0 bridgehead atoms. The molecule has 5 heteroatoms. The van der Waals surface area contributed by atoms with Crippen molar-refractivity contribution in [3.8, 4) is 5.75 Å². The van der Waals surface area contributed by atoms with Crippen molar-refractivity contribution < 1.29 is 9.30 Å². The summed E-state index contributed by atoms with van der Waals surface area (Å²) in [7, 11) is -1.55. The van der Waals surface area contributed by atoms with E-state index in [4.69, 9.17) is 15.7 Å². The molecule has 4 nitrogen and oxygen atoms in total. The lowest BCUT2D eigenvalue weighted by molar-refractivity contribution is 0.415. The zero-order valence-electron chi connectivity index (χ0n) is 6.73. The third-order valence-electron chi connectivity index (χ3n) is 1.48. The molecule has 66 valence electrons. The second-order valence-electron chi connectivity index (χ2n) is 2.41. The predicted molar refractivity (Wildman–Crippen MR) is 48.6 cm³/mol. The molecular weight excluding hydrogens is 175 g/mol. The first kappa shape index (κ1) is 9.26. The van der Waals surface area contributed by atoms with Crippen LogP contribution in [0.4, 0.5) is 0 Å². The monoisotopic (exact) mass is 186 g/mol. The first-order valence-corrected chi connectivity index (χ1v) is 5.20. The fourth-order valence-corrected chi connectivity index (χ4v) is 1.43. The summed E-state index contributed by atoms with van der Waals surface area (Å²) in [6.07, 6.45) is 0. The van der Waals surface area contributed by atoms with Crippen molar-refractivity contribution in [3.05, 3.63) is 24.3 Å². The highest BCUT2D eigenvalue weighted by atomic mass is 31.2. The van der Waals surface area contributed by atoms with Gasteiger partial charge in [0.1, 0.15) is 5.75 Å². The van der Waals surface area contributed by atoms with Crippen molar-refractivity contribution in [2.24, 2.45) is 11.0 Å². The maximum atomic E-state index is 11.1. The molecule has 1 aromatic carbocycles. The predicted octanol–water partition coefficient (Wildman–Crippen LogP) is 0.431. The lowest BCUT2D eigenvalue weighted by atomic mass is 10.3. The van der Waals surface area contributed by atoms with Crippen molar-refractivity contribution in [2.75, 3.05) is 7.11 Å². The molecule has 0 fully saturated rings. The van der Waals surface area contributed by atoms with Gasteiger partial charge in [0.05, 0.1) is 7.11 Å². The van der Waals surface area contributed by atoms with Gasteiger partial charge in [0.2, 0.25) is 7.44 Å². The van der Waals surface area contributed by atoms with E-state index in [9.17, 15) is 4.57 Å². The Bertz CT molecular complexity index is 304. The van der Waals surface area contributed by atoms with Gasteiger partial charge in [0.15, 0.2) is 0 Å². The maximum absolute atomic E-state index is 11.1. The van der Waals surface area contributed by atoms with E-state index in [-0.39, 0.29) is 0 Å². The van der Waals surface area contributed by atoms with Crippen molar-refractivity contribution in [1.29, 1.82) is 0 Å². The first-order valence-electron chi connectivity index (χ1n) is 3.36. The molecule has 0 atom stereocenters. The van der Waals surface area contributed by atoms with Crippen LogP contribution >= 0.6 is 7.44 Å². The fourth-order valence-electron chi connectivity index (χ4n) is 0.815. The summed E-state index contributed by atoms with van der Waals surface area (Å²) >= 11 is 0. The van der Waals surface area contributed by atoms with Crippen LogP contribution < -0.4 is 21.0 Å². The Labute approximate surface area is 71.0 Å². The van der Waals surface area contributed by atoms with Crippen molar-refractivity contribution in [2.45, 2.75) is 0 Å². The molecule has 1 rings (SSSR count). The Hall–Kier alpha value is -0.830. The van der Waals surface area contributed by atoms with E-state index in [0.717, 1.165) is 0 Å². The van der Waals surface area contributed by atoms with E-state index in [1.165, 1.54) is 0 Å². The van der Waals surface area contributed by atoms with Gasteiger partial charge in [-0.15, -0.1) is 0 Å². The molecule has 0 radical (unpaired) electrons. The van der Waals surface area contributed by atoms with Crippen LogP contribution in [-0.4, -0.2) is 7.11 Å². The molecule has 1 aromatic rings. The number of ether oxygens (including phenoxy) is 1. The van der Waals surface area contributed by atoms with E-state index in [2.05, 4.69) is 0 Å². The standard InChI is InChI=1S/C7H11N2O2P/c1-11-6-2-4-7(5-3-6)12(8,9)10/h2-5H,1H3,(H4,8,9,10). The number of benzene rings is 1. The summed E-state index contributed by atoms with van der Waals surface area (Å²) < 4.78 is 16.0. The van der Waals surface area contributed by atoms with Crippen molar-refractivity contribution in [3.63, 3.8) is 0 Å². The molecule has 0 saturated heterocycles. The van der Waals surface area contributed by atoms with E-state index in [1.54, 1.807) is 31.4 Å². The minimum Gasteiger partial charge on any atom is -0.497 e. The number of hydrogen-bond acceptors (Lipinski definition) is 2. The quantitative estimate of drug-likeness (QED) is 0.656. The molecular formula is C7H11N2O2P. The second kappa shape index (κ2) is 3.27. The van der Waals surface area contributed by atoms with Gasteiger partial charge in [-0.1, -0.05) is 0 Å². The molecule has 0 aromatic heterocycles. The highest BCUT2D eigenvalue weighted by Crippen LogP contribution is 2.24. The zero-order valence-corrected chi connectivity index (χ0v) is 7.62. The SMILES string of the molecule is COc1ccc(P(N)(N)=O)cc1. The first-order chi connectivity index (χ1) is 5.54. The summed E-state index contributed by atoms with van der Waals surface area (Å²) in [6.45, 7) is 0. The van der Waals surface area contributed by atoms with Gasteiger partial charge >= 0.3 is 0 Å². The Morgan fingerprint density at radius 3 is 2.08 bits per heavy atom. The molecule has 0 aliphatic rings. The van der Waals surface area contributed by atoms with Gasteiger partial charge in [0, 0.05) is 5.30 Å². The Morgan fingerprint density at radius 1 is 1.25 bits per heavy atom. The lowest BCUT2D eigenvalue weighted by Crippen LogP contribution is -2.17. The minimum absolute atomic E-state index is 0.448. The maximum Gasteiger partial charge on any atom is 0.235 e. The van der Waals surface area contributed by atoms with Gasteiger partial charge in [0.25, 0.3) is 0 Å². The molecule has 0 aliphatic carbocycles. The summed E-state index contributed by atoms with van der Waals surface area (Å²) in [5.41, 5.74) is 10.5. The van der Waals surface area contributed by atoms with Crippen LogP contribution in [0.25, 0.3) is 0 Å². The topological polar surface area (TPSA) is 78.3 Å². The Kier molecular flexibility index (Phi) is 2.52. The largest absolute Gasteiger partial charge is 0.497 e. The van der Waals surface area contributed by atoms with E-state index < -0.39 is 7.44 Å². The van der Waals surface area contributed by atoms with Gasteiger partial charge in [-0.3, -0.25) is 15.6 Å². The van der Waals surface area contributed by atoms with Crippen LogP contribution in [0.1, 0.15) is 0 Å². The highest BCUT2D eigenvalue weighted by Gasteiger charge is 2.11. The zero-order chi connectivity index (χ0) is 9.19. The van der Waals surface area contributed by atoms with Crippen LogP contribution in [0.15, 0.2) is 24.3 Å². The molecule has 0 unspecified atom stereocenters.